The lowest BCUT2D eigenvalue weighted by Gasteiger charge is -2.12. The Hall–Kier alpha value is -2.34. The molecule has 0 amide bonds. The summed E-state index contributed by atoms with van der Waals surface area (Å²) in [7, 11) is 3.30. The van der Waals surface area contributed by atoms with Gasteiger partial charge in [0, 0.05) is 22.7 Å². The van der Waals surface area contributed by atoms with Crippen LogP contribution in [0.1, 0.15) is 27.2 Å². The summed E-state index contributed by atoms with van der Waals surface area (Å²) < 4.78 is 12.8. The van der Waals surface area contributed by atoms with Crippen LogP contribution in [0.25, 0.3) is 11.3 Å². The molecule has 1 aromatic heterocycles. The maximum Gasteiger partial charge on any atom is 0.206 e. The van der Waals surface area contributed by atoms with Gasteiger partial charge in [0.25, 0.3) is 0 Å². The molecule has 1 heterocycles. The molecular weight excluding hydrogens is 346 g/mol. The van der Waals surface area contributed by atoms with Gasteiger partial charge < -0.3 is 9.47 Å². The summed E-state index contributed by atoms with van der Waals surface area (Å²) in [6.45, 7) is 10.7. The number of ether oxygens (including phenoxy) is 2. The minimum atomic E-state index is 0.547. The van der Waals surface area contributed by atoms with E-state index < -0.39 is 0 Å². The molecule has 0 N–H and O–H groups in total. The standard InChI is InChI=1S/C20H27N3O2S/c1-7-10-21-20-23(22-15(4)11-14(2)3)18(13-26-20)17-9-8-16(24-5)12-19(17)25-6/h7-9,12-14H,1,10-11H2,2-6H3. The normalized spacial score (nSPS) is 12.5. The minimum absolute atomic E-state index is 0.547. The zero-order valence-electron chi connectivity index (χ0n) is 16.2. The van der Waals surface area contributed by atoms with E-state index in [0.29, 0.717) is 12.5 Å². The van der Waals surface area contributed by atoms with Crippen molar-refractivity contribution in [3.63, 3.8) is 0 Å². The van der Waals surface area contributed by atoms with Gasteiger partial charge in [0.05, 0.1) is 26.5 Å². The molecule has 5 nitrogen and oxygen atoms in total. The zero-order chi connectivity index (χ0) is 19.1. The number of thiazole rings is 1. The van der Waals surface area contributed by atoms with Crippen molar-refractivity contribution < 1.29 is 9.47 Å². The molecule has 0 atom stereocenters. The summed E-state index contributed by atoms with van der Waals surface area (Å²) in [4.78, 5) is 5.42. The smallest absolute Gasteiger partial charge is 0.206 e. The molecule has 0 aliphatic carbocycles. The fourth-order valence-corrected chi connectivity index (χ4v) is 3.48. The van der Waals surface area contributed by atoms with Crippen LogP contribution in [-0.4, -0.2) is 31.2 Å². The lowest BCUT2D eigenvalue weighted by molar-refractivity contribution is 0.395. The van der Waals surface area contributed by atoms with E-state index in [-0.39, 0.29) is 0 Å². The van der Waals surface area contributed by atoms with Gasteiger partial charge in [0.1, 0.15) is 11.5 Å². The van der Waals surface area contributed by atoms with Gasteiger partial charge in [-0.2, -0.15) is 5.10 Å². The Morgan fingerprint density at radius 1 is 1.31 bits per heavy atom. The first-order valence-corrected chi connectivity index (χ1v) is 9.46. The lowest BCUT2D eigenvalue weighted by Crippen LogP contribution is -2.15. The van der Waals surface area contributed by atoms with Crippen LogP contribution in [0, 0.1) is 5.92 Å². The summed E-state index contributed by atoms with van der Waals surface area (Å²) in [5.74, 6) is 2.04. The van der Waals surface area contributed by atoms with Crippen molar-refractivity contribution in [1.29, 1.82) is 0 Å². The monoisotopic (exact) mass is 373 g/mol. The van der Waals surface area contributed by atoms with Crippen molar-refractivity contribution in [3.8, 4) is 22.8 Å². The molecule has 0 saturated carbocycles. The molecule has 0 aliphatic heterocycles. The van der Waals surface area contributed by atoms with Crippen LogP contribution >= 0.6 is 11.3 Å². The second kappa shape index (κ2) is 9.38. The maximum absolute atomic E-state index is 5.57. The van der Waals surface area contributed by atoms with Crippen LogP contribution in [0.2, 0.25) is 0 Å². The van der Waals surface area contributed by atoms with Gasteiger partial charge in [0.15, 0.2) is 0 Å². The van der Waals surface area contributed by atoms with Crippen molar-refractivity contribution >= 4 is 17.0 Å². The van der Waals surface area contributed by atoms with Gasteiger partial charge in [0.2, 0.25) is 4.80 Å². The first-order chi connectivity index (χ1) is 12.5. The third-order valence-electron chi connectivity index (χ3n) is 3.70. The van der Waals surface area contributed by atoms with Crippen molar-refractivity contribution in [3.05, 3.63) is 41.0 Å². The van der Waals surface area contributed by atoms with Gasteiger partial charge in [-0.1, -0.05) is 19.9 Å². The van der Waals surface area contributed by atoms with Crippen LogP contribution in [0.4, 0.5) is 0 Å². The molecule has 6 heteroatoms. The average Bonchev–Trinajstić information content (AvgIpc) is 3.00. The highest BCUT2D eigenvalue weighted by molar-refractivity contribution is 7.07. The van der Waals surface area contributed by atoms with Gasteiger partial charge in [-0.15, -0.1) is 17.9 Å². The van der Waals surface area contributed by atoms with E-state index in [4.69, 9.17) is 14.6 Å². The van der Waals surface area contributed by atoms with Crippen molar-refractivity contribution in [2.75, 3.05) is 20.8 Å². The number of rotatable bonds is 8. The average molecular weight is 374 g/mol. The highest BCUT2D eigenvalue weighted by Crippen LogP contribution is 2.33. The molecule has 0 radical (unpaired) electrons. The van der Waals surface area contributed by atoms with E-state index in [1.165, 1.54) is 0 Å². The van der Waals surface area contributed by atoms with Crippen LogP contribution < -0.4 is 14.3 Å². The Morgan fingerprint density at radius 3 is 2.69 bits per heavy atom. The van der Waals surface area contributed by atoms with Crippen molar-refractivity contribution in [2.45, 2.75) is 27.2 Å². The summed E-state index contributed by atoms with van der Waals surface area (Å²) >= 11 is 1.56. The molecule has 1 aromatic carbocycles. The van der Waals surface area contributed by atoms with E-state index in [1.54, 1.807) is 31.6 Å². The second-order valence-corrected chi connectivity index (χ2v) is 7.18. The van der Waals surface area contributed by atoms with E-state index in [1.807, 2.05) is 22.9 Å². The van der Waals surface area contributed by atoms with Crippen LogP contribution in [0.5, 0.6) is 11.5 Å². The highest BCUT2D eigenvalue weighted by Gasteiger charge is 2.14. The molecule has 0 spiro atoms. The lowest BCUT2D eigenvalue weighted by atomic mass is 10.1. The predicted octanol–water partition coefficient (Wildman–Crippen LogP) is 4.59. The number of benzene rings is 1. The molecule has 0 aliphatic rings. The Morgan fingerprint density at radius 2 is 2.08 bits per heavy atom. The molecule has 2 aromatic rings. The zero-order valence-corrected chi connectivity index (χ0v) is 17.0. The molecule has 0 saturated heterocycles. The predicted molar refractivity (Wildman–Crippen MR) is 109 cm³/mol. The fourth-order valence-electron chi connectivity index (χ4n) is 2.64. The van der Waals surface area contributed by atoms with Crippen molar-refractivity contribution in [1.82, 2.24) is 4.68 Å². The Balaban J connectivity index is 2.63. The molecule has 0 bridgehead atoms. The largest absolute Gasteiger partial charge is 0.497 e. The number of methoxy groups -OCH3 is 2. The maximum atomic E-state index is 5.57. The second-order valence-electron chi connectivity index (χ2n) is 6.34. The van der Waals surface area contributed by atoms with Crippen LogP contribution in [-0.2, 0) is 0 Å². The first-order valence-electron chi connectivity index (χ1n) is 8.58. The molecule has 140 valence electrons. The summed E-state index contributed by atoms with van der Waals surface area (Å²) in [5.41, 5.74) is 2.96. The molecule has 0 fully saturated rings. The summed E-state index contributed by atoms with van der Waals surface area (Å²) in [6, 6.07) is 5.79. The topological polar surface area (TPSA) is 48.1 Å². The van der Waals surface area contributed by atoms with Crippen LogP contribution in [0.3, 0.4) is 0 Å². The van der Waals surface area contributed by atoms with E-state index in [2.05, 4.69) is 37.7 Å². The van der Waals surface area contributed by atoms with Gasteiger partial charge in [-0.25, -0.2) is 4.68 Å². The first kappa shape index (κ1) is 20.0. The number of hydrogen-bond acceptors (Lipinski definition) is 5. The van der Waals surface area contributed by atoms with E-state index in [9.17, 15) is 0 Å². The van der Waals surface area contributed by atoms with E-state index in [0.717, 1.165) is 39.7 Å². The van der Waals surface area contributed by atoms with Crippen molar-refractivity contribution in [2.24, 2.45) is 16.0 Å². The molecule has 2 rings (SSSR count). The van der Waals surface area contributed by atoms with Gasteiger partial charge in [-0.3, -0.25) is 4.99 Å². The number of aromatic nitrogens is 1. The highest BCUT2D eigenvalue weighted by atomic mass is 32.1. The Bertz CT molecular complexity index is 847. The molecule has 0 unspecified atom stereocenters. The van der Waals surface area contributed by atoms with E-state index >= 15 is 0 Å². The molecular formula is C20H27N3O2S. The Labute approximate surface area is 159 Å². The number of nitrogens with zero attached hydrogens (tertiary/aromatic N) is 3. The summed E-state index contributed by atoms with van der Waals surface area (Å²) in [5, 5.41) is 6.89. The van der Waals surface area contributed by atoms with Gasteiger partial charge >= 0.3 is 0 Å². The summed E-state index contributed by atoms with van der Waals surface area (Å²) in [6.07, 6.45) is 2.71. The van der Waals surface area contributed by atoms with Gasteiger partial charge in [-0.05, 0) is 31.4 Å². The number of hydrogen-bond donors (Lipinski definition) is 0. The molecule has 26 heavy (non-hydrogen) atoms. The SMILES string of the molecule is C=CCN=c1scc(-c2ccc(OC)cc2OC)n1N=C(C)CC(C)C. The Kier molecular flexibility index (Phi) is 7.21. The third-order valence-corrected chi connectivity index (χ3v) is 4.55. The minimum Gasteiger partial charge on any atom is -0.497 e. The fraction of sp³-hybridized carbons (Fsp3) is 0.400. The van der Waals surface area contributed by atoms with Crippen LogP contribution in [0.15, 0.2) is 46.3 Å². The third kappa shape index (κ3) is 4.85. The quantitative estimate of drug-likeness (QED) is 0.502.